The summed E-state index contributed by atoms with van der Waals surface area (Å²) in [6.45, 7) is -0.440. The second kappa shape index (κ2) is 32.0. The van der Waals surface area contributed by atoms with Crippen LogP contribution in [-0.2, 0) is 49.9 Å². The first-order valence-corrected chi connectivity index (χ1v) is 25.0. The minimum Gasteiger partial charge on any atom is -0.748 e. The minimum atomic E-state index is -5.25. The second-order valence-electron chi connectivity index (χ2n) is 13.5. The number of nitrogens with one attached hydrogen (secondary N) is 4. The molecule has 0 aliphatic carbocycles. The van der Waals surface area contributed by atoms with E-state index in [4.69, 9.17) is 19.7 Å². The summed E-state index contributed by atoms with van der Waals surface area (Å²) in [5.74, 6) is -2.39. The van der Waals surface area contributed by atoms with Crippen LogP contribution >= 0.6 is 0 Å². The Labute approximate surface area is 493 Å². The zero-order valence-electron chi connectivity index (χ0n) is 38.9. The van der Waals surface area contributed by atoms with Gasteiger partial charge in [0.05, 0.1) is 81.2 Å². The summed E-state index contributed by atoms with van der Waals surface area (Å²) in [6.07, 6.45) is 2.15. The molecule has 36 heteroatoms. The van der Waals surface area contributed by atoms with Crippen molar-refractivity contribution in [1.29, 1.82) is 0 Å². The molecule has 0 unspecified atom stereocenters. The molecule has 0 radical (unpaired) electrons. The molecule has 0 fully saturated rings. The predicted molar refractivity (Wildman–Crippen MR) is 232 cm³/mol. The average molecular weight is 1100 g/mol. The summed E-state index contributed by atoms with van der Waals surface area (Å²) < 4.78 is 153. The Kier molecular flexibility index (Phi) is 31.3. The van der Waals surface area contributed by atoms with Crippen LogP contribution < -0.4 is 149 Å². The van der Waals surface area contributed by atoms with Crippen LogP contribution in [0.2, 0.25) is 0 Å². The third kappa shape index (κ3) is 24.7. The van der Waals surface area contributed by atoms with E-state index in [1.54, 1.807) is 0 Å². The third-order valence-corrected chi connectivity index (χ3v) is 11.5. The van der Waals surface area contributed by atoms with Gasteiger partial charge in [0.15, 0.2) is 0 Å². The number of ether oxygens (including phenoxy) is 2. The number of nitrogens with zero attached hydrogens (tertiary/aromatic N) is 8. The average Bonchev–Trinajstić information content (AvgIpc) is 3.23. The van der Waals surface area contributed by atoms with Gasteiger partial charge in [0.2, 0.25) is 35.7 Å². The minimum absolute atomic E-state index is 0. The normalized spacial score (nSPS) is 11.6. The Morgan fingerprint density at radius 1 is 0.543 bits per heavy atom. The van der Waals surface area contributed by atoms with Gasteiger partial charge < -0.3 is 69.0 Å². The zero-order chi connectivity index (χ0) is 48.7. The molecule has 0 bridgehead atoms. The van der Waals surface area contributed by atoms with Gasteiger partial charge >= 0.3 is 118 Å². The molecule has 70 heavy (non-hydrogen) atoms. The van der Waals surface area contributed by atoms with Crippen molar-refractivity contribution >= 4 is 99.7 Å². The molecule has 28 nitrogen and oxygen atoms in total. The maximum absolute atomic E-state index is 12.5. The Hall–Kier alpha value is -1.52. The molecule has 0 atom stereocenters. The standard InChI is InChI=1S/C34H48N12O16S4.4Na/c1-45(11-19-63(49,50)51)33-41-29(35-9-15-61-17-13-47)39-31(43-33)37-25-7-5-23(27(21-25)65(55,56)57)3-4-24-6-8-26(22-28(24)66(58,59)60)38-32-40-30(36-10-16-62-18-14-48)42-34(44-32)46(2)12-20-64(52,53)54;;;;/h3-8,21-22,47-48H,9-20H2,1-2H3,(H,49,50,51)(H,52,53,54)(H,55,56,57)(H,58,59,60)(H2,35,37,39,41,43)(H2,36,38,40,42,44);;;;/q;4*+1/p-4. The van der Waals surface area contributed by atoms with E-state index in [1.165, 1.54) is 48.2 Å². The molecule has 2 aromatic heterocycles. The van der Waals surface area contributed by atoms with Crippen LogP contribution in [0.1, 0.15) is 11.1 Å². The largest absolute Gasteiger partial charge is 1.00 e. The van der Waals surface area contributed by atoms with Gasteiger partial charge in [-0.25, -0.2) is 33.7 Å². The van der Waals surface area contributed by atoms with Crippen LogP contribution in [0.15, 0.2) is 46.2 Å². The zero-order valence-corrected chi connectivity index (χ0v) is 50.2. The molecule has 0 spiro atoms. The molecule has 0 saturated heterocycles. The summed E-state index contributed by atoms with van der Waals surface area (Å²) in [4.78, 5) is 26.1. The van der Waals surface area contributed by atoms with Crippen LogP contribution in [0.4, 0.5) is 47.1 Å². The van der Waals surface area contributed by atoms with E-state index in [2.05, 4.69) is 51.2 Å². The molecule has 0 saturated carbocycles. The first-order valence-electron chi connectivity index (χ1n) is 19.0. The summed E-state index contributed by atoms with van der Waals surface area (Å²) in [5, 5.41) is 29.0. The number of aliphatic hydroxyl groups is 2. The van der Waals surface area contributed by atoms with Crippen LogP contribution in [-0.4, -0.2) is 183 Å². The fraction of sp³-hybridized carbons (Fsp3) is 0.412. The first kappa shape index (κ1) is 68.5. The van der Waals surface area contributed by atoms with Crippen molar-refractivity contribution in [1.82, 2.24) is 29.9 Å². The van der Waals surface area contributed by atoms with Crippen molar-refractivity contribution < 1.29 is 190 Å². The number of hydrogen-bond donors (Lipinski definition) is 6. The van der Waals surface area contributed by atoms with E-state index in [1.807, 2.05) is 0 Å². The summed E-state index contributed by atoms with van der Waals surface area (Å²) in [5.41, 5.74) is -0.563. The molecule has 6 N–H and O–H groups in total. The van der Waals surface area contributed by atoms with Crippen LogP contribution in [0.3, 0.4) is 0 Å². The predicted octanol–water partition coefficient (Wildman–Crippen LogP) is -13.7. The molecular formula is C34H44N12Na4O16S4. The van der Waals surface area contributed by atoms with E-state index < -0.39 is 61.8 Å². The molecular weight excluding hydrogens is 1050 g/mol. The van der Waals surface area contributed by atoms with Crippen LogP contribution in [0.5, 0.6) is 0 Å². The Balaban J connectivity index is 0.0000119. The van der Waals surface area contributed by atoms with Crippen molar-refractivity contribution in [3.05, 3.63) is 47.5 Å². The van der Waals surface area contributed by atoms with Crippen LogP contribution in [0.25, 0.3) is 12.2 Å². The van der Waals surface area contributed by atoms with Crippen molar-refractivity contribution in [2.24, 2.45) is 0 Å². The molecule has 2 aromatic carbocycles. The van der Waals surface area contributed by atoms with Gasteiger partial charge in [-0.2, -0.15) is 29.9 Å². The summed E-state index contributed by atoms with van der Waals surface area (Å²) in [6, 6.07) is 6.84. The third-order valence-electron chi connectivity index (χ3n) is 8.33. The fourth-order valence-corrected chi connectivity index (χ4v) is 7.60. The van der Waals surface area contributed by atoms with Crippen molar-refractivity contribution in [2.45, 2.75) is 9.79 Å². The van der Waals surface area contributed by atoms with E-state index in [9.17, 15) is 51.9 Å². The van der Waals surface area contributed by atoms with Gasteiger partial charge in [0, 0.05) is 51.6 Å². The number of rotatable bonds is 28. The number of aliphatic hydroxyl groups excluding tert-OH is 2. The number of aromatic nitrogens is 6. The monoisotopic (exact) mass is 1100 g/mol. The number of hydrogen-bond acceptors (Lipinski definition) is 28. The Bertz CT molecular complexity index is 2610. The van der Waals surface area contributed by atoms with Gasteiger partial charge in [-0.3, -0.25) is 0 Å². The van der Waals surface area contributed by atoms with Gasteiger partial charge in [-0.1, -0.05) is 24.3 Å². The van der Waals surface area contributed by atoms with Gasteiger partial charge in [0.1, 0.15) is 20.2 Å². The fourth-order valence-electron chi connectivity index (χ4n) is 5.21. The maximum atomic E-state index is 12.5. The van der Waals surface area contributed by atoms with E-state index in [-0.39, 0.29) is 242 Å². The second-order valence-corrected chi connectivity index (χ2v) is 19.2. The van der Waals surface area contributed by atoms with Gasteiger partial charge in [-0.15, -0.1) is 0 Å². The molecule has 364 valence electrons. The molecule has 0 amide bonds. The molecule has 2 heterocycles. The van der Waals surface area contributed by atoms with Crippen LogP contribution in [0, 0.1) is 0 Å². The SMILES string of the molecule is CN(CCS(=O)(=O)[O-])c1nc(NCCOCCO)nc(Nc2ccc(C=Cc3ccc(Nc4nc(NCCOCCO)nc(N(C)CCS(=O)(=O)[O-])n4)cc3S(=O)(=O)[O-])c(S(=O)(=O)[O-])c2)n1.[Na+].[Na+].[Na+].[Na+]. The molecule has 0 aliphatic heterocycles. The van der Waals surface area contributed by atoms with Crippen molar-refractivity contribution in [3.8, 4) is 0 Å². The molecule has 0 aliphatic rings. The maximum Gasteiger partial charge on any atom is 1.00 e. The Morgan fingerprint density at radius 2 is 0.886 bits per heavy atom. The van der Waals surface area contributed by atoms with E-state index in [0.29, 0.717) is 0 Å². The van der Waals surface area contributed by atoms with Gasteiger partial charge in [-0.05, 0) is 35.4 Å². The molecule has 4 aromatic rings. The Morgan fingerprint density at radius 3 is 1.20 bits per heavy atom. The first-order chi connectivity index (χ1) is 30.9. The number of benzene rings is 2. The smallest absolute Gasteiger partial charge is 0.748 e. The molecule has 4 rings (SSSR count). The quantitative estimate of drug-likeness (QED) is 0.0133. The van der Waals surface area contributed by atoms with Gasteiger partial charge in [0.25, 0.3) is 0 Å². The van der Waals surface area contributed by atoms with E-state index in [0.717, 1.165) is 24.3 Å². The summed E-state index contributed by atoms with van der Waals surface area (Å²) in [7, 11) is -16.9. The van der Waals surface area contributed by atoms with E-state index >= 15 is 0 Å². The topological polar surface area (TPSA) is 420 Å². The number of anilines is 8. The van der Waals surface area contributed by atoms with Crippen molar-refractivity contribution in [2.75, 3.05) is 122 Å². The summed E-state index contributed by atoms with van der Waals surface area (Å²) >= 11 is 0. The van der Waals surface area contributed by atoms with Crippen molar-refractivity contribution in [3.63, 3.8) is 0 Å².